The lowest BCUT2D eigenvalue weighted by Crippen LogP contribution is -2.14. The molecular formula is C23H19ClN4O. The molecule has 5 nitrogen and oxygen atoms in total. The molecule has 144 valence electrons. The first-order chi connectivity index (χ1) is 14.0. The molecule has 0 bridgehead atoms. The SMILES string of the molecule is Cc1ccc(C)c(-n2nc(C(=O)Nc3cccc(Cl)c3)nc2-c2ccccc2)c1. The van der Waals surface area contributed by atoms with E-state index in [2.05, 4.69) is 15.4 Å². The van der Waals surface area contributed by atoms with Crippen LogP contribution in [-0.2, 0) is 0 Å². The van der Waals surface area contributed by atoms with E-state index >= 15 is 0 Å². The minimum atomic E-state index is -0.395. The normalized spacial score (nSPS) is 10.7. The summed E-state index contributed by atoms with van der Waals surface area (Å²) in [6.07, 6.45) is 0. The van der Waals surface area contributed by atoms with E-state index in [1.54, 1.807) is 28.9 Å². The Morgan fingerprint density at radius 3 is 2.52 bits per heavy atom. The number of nitrogens with zero attached hydrogens (tertiary/aromatic N) is 3. The predicted octanol–water partition coefficient (Wildman–Crippen LogP) is 5.46. The number of aromatic nitrogens is 3. The van der Waals surface area contributed by atoms with Crippen molar-refractivity contribution in [1.82, 2.24) is 14.8 Å². The number of hydrogen-bond acceptors (Lipinski definition) is 3. The zero-order valence-electron chi connectivity index (χ0n) is 16.1. The van der Waals surface area contributed by atoms with Gasteiger partial charge in [0.15, 0.2) is 5.82 Å². The Labute approximate surface area is 174 Å². The van der Waals surface area contributed by atoms with Gasteiger partial charge < -0.3 is 5.32 Å². The lowest BCUT2D eigenvalue weighted by Gasteiger charge is -2.10. The molecule has 0 saturated heterocycles. The number of rotatable bonds is 4. The van der Waals surface area contributed by atoms with E-state index in [1.165, 1.54) is 0 Å². The van der Waals surface area contributed by atoms with E-state index < -0.39 is 5.91 Å². The van der Waals surface area contributed by atoms with Gasteiger partial charge in [-0.05, 0) is 49.2 Å². The molecule has 1 N–H and O–H groups in total. The number of nitrogens with one attached hydrogen (secondary N) is 1. The van der Waals surface area contributed by atoms with Crippen LogP contribution in [0.25, 0.3) is 17.1 Å². The van der Waals surface area contributed by atoms with E-state index in [1.807, 2.05) is 62.4 Å². The first kappa shape index (κ1) is 18.9. The van der Waals surface area contributed by atoms with Crippen LogP contribution in [0.5, 0.6) is 0 Å². The Balaban J connectivity index is 1.79. The van der Waals surface area contributed by atoms with Crippen molar-refractivity contribution in [2.45, 2.75) is 13.8 Å². The molecule has 0 saturated carbocycles. The van der Waals surface area contributed by atoms with Crippen LogP contribution in [0.3, 0.4) is 0 Å². The number of anilines is 1. The van der Waals surface area contributed by atoms with Gasteiger partial charge in [0.05, 0.1) is 5.69 Å². The third-order valence-corrected chi connectivity index (χ3v) is 4.75. The van der Waals surface area contributed by atoms with E-state index in [0.29, 0.717) is 16.5 Å². The van der Waals surface area contributed by atoms with Crippen LogP contribution < -0.4 is 5.32 Å². The molecule has 0 aliphatic heterocycles. The fourth-order valence-corrected chi connectivity index (χ4v) is 3.24. The third-order valence-electron chi connectivity index (χ3n) is 4.52. The van der Waals surface area contributed by atoms with Gasteiger partial charge >= 0.3 is 0 Å². The standard InChI is InChI=1S/C23H19ClN4O/c1-15-11-12-16(2)20(13-15)28-22(17-7-4-3-5-8-17)26-21(27-28)23(29)25-19-10-6-9-18(24)14-19/h3-14H,1-2H3,(H,25,29). The van der Waals surface area contributed by atoms with Crippen LogP contribution in [0.1, 0.15) is 21.7 Å². The van der Waals surface area contributed by atoms with Crippen LogP contribution in [0.2, 0.25) is 5.02 Å². The molecule has 1 amide bonds. The number of amides is 1. The maximum Gasteiger partial charge on any atom is 0.295 e. The van der Waals surface area contributed by atoms with Gasteiger partial charge in [-0.1, -0.05) is 60.1 Å². The average Bonchev–Trinajstić information content (AvgIpc) is 3.16. The highest BCUT2D eigenvalue weighted by Crippen LogP contribution is 2.24. The van der Waals surface area contributed by atoms with Gasteiger partial charge in [-0.25, -0.2) is 9.67 Å². The van der Waals surface area contributed by atoms with Crippen LogP contribution in [0.15, 0.2) is 72.8 Å². The van der Waals surface area contributed by atoms with Crippen LogP contribution >= 0.6 is 11.6 Å². The molecule has 4 aromatic rings. The van der Waals surface area contributed by atoms with Gasteiger partial charge in [0.25, 0.3) is 5.91 Å². The summed E-state index contributed by atoms with van der Waals surface area (Å²) in [6, 6.07) is 22.8. The number of carbonyl (C=O) groups is 1. The molecule has 0 aliphatic rings. The average molecular weight is 403 g/mol. The maximum absolute atomic E-state index is 12.8. The molecule has 6 heteroatoms. The highest BCUT2D eigenvalue weighted by molar-refractivity contribution is 6.30. The molecule has 0 fully saturated rings. The topological polar surface area (TPSA) is 59.8 Å². The lowest BCUT2D eigenvalue weighted by molar-refractivity contribution is 0.101. The van der Waals surface area contributed by atoms with E-state index in [4.69, 9.17) is 11.6 Å². The summed E-state index contributed by atoms with van der Waals surface area (Å²) in [7, 11) is 0. The molecule has 0 aliphatic carbocycles. The predicted molar refractivity (Wildman–Crippen MR) is 116 cm³/mol. The smallest absolute Gasteiger partial charge is 0.295 e. The van der Waals surface area contributed by atoms with Crippen LogP contribution in [0, 0.1) is 13.8 Å². The molecule has 0 unspecified atom stereocenters. The Hall–Kier alpha value is -3.44. The monoisotopic (exact) mass is 402 g/mol. The van der Waals surface area contributed by atoms with Crippen LogP contribution in [0.4, 0.5) is 5.69 Å². The Kier molecular flexibility index (Phi) is 5.14. The van der Waals surface area contributed by atoms with Gasteiger partial charge in [-0.15, -0.1) is 5.10 Å². The minimum Gasteiger partial charge on any atom is -0.319 e. The fraction of sp³-hybridized carbons (Fsp3) is 0.0870. The molecule has 0 spiro atoms. The van der Waals surface area contributed by atoms with Crippen molar-refractivity contribution >= 4 is 23.2 Å². The second kappa shape index (κ2) is 7.89. The van der Waals surface area contributed by atoms with Crippen molar-refractivity contribution in [2.75, 3.05) is 5.32 Å². The number of aryl methyl sites for hydroxylation is 2. The number of halogens is 1. The number of carbonyl (C=O) groups excluding carboxylic acids is 1. The van der Waals surface area contributed by atoms with Crippen molar-refractivity contribution in [3.8, 4) is 17.1 Å². The molecule has 1 aromatic heterocycles. The Morgan fingerprint density at radius 2 is 1.76 bits per heavy atom. The van der Waals surface area contributed by atoms with Gasteiger partial charge in [0, 0.05) is 16.3 Å². The zero-order valence-corrected chi connectivity index (χ0v) is 16.8. The number of hydrogen-bond donors (Lipinski definition) is 1. The molecule has 29 heavy (non-hydrogen) atoms. The first-order valence-corrected chi connectivity index (χ1v) is 9.56. The molecule has 0 atom stereocenters. The zero-order chi connectivity index (χ0) is 20.4. The van der Waals surface area contributed by atoms with E-state index in [-0.39, 0.29) is 5.82 Å². The molecule has 1 heterocycles. The summed E-state index contributed by atoms with van der Waals surface area (Å²) in [6.45, 7) is 4.03. The van der Waals surface area contributed by atoms with Crippen molar-refractivity contribution < 1.29 is 4.79 Å². The first-order valence-electron chi connectivity index (χ1n) is 9.18. The van der Waals surface area contributed by atoms with E-state index in [9.17, 15) is 4.79 Å². The van der Waals surface area contributed by atoms with E-state index in [0.717, 1.165) is 22.4 Å². The largest absolute Gasteiger partial charge is 0.319 e. The quantitative estimate of drug-likeness (QED) is 0.493. The van der Waals surface area contributed by atoms with Gasteiger partial charge in [0.2, 0.25) is 5.82 Å². The fourth-order valence-electron chi connectivity index (χ4n) is 3.05. The maximum atomic E-state index is 12.8. The summed E-state index contributed by atoms with van der Waals surface area (Å²) in [4.78, 5) is 17.4. The lowest BCUT2D eigenvalue weighted by atomic mass is 10.1. The van der Waals surface area contributed by atoms with Gasteiger partial charge in [0.1, 0.15) is 0 Å². The Morgan fingerprint density at radius 1 is 0.966 bits per heavy atom. The molecule has 4 rings (SSSR count). The Bertz CT molecular complexity index is 1180. The van der Waals surface area contributed by atoms with Crippen molar-refractivity contribution in [3.63, 3.8) is 0 Å². The molecule has 3 aromatic carbocycles. The molecule has 0 radical (unpaired) electrons. The highest BCUT2D eigenvalue weighted by atomic mass is 35.5. The summed E-state index contributed by atoms with van der Waals surface area (Å²) in [5, 5.41) is 7.89. The molecular weight excluding hydrogens is 384 g/mol. The van der Waals surface area contributed by atoms with Gasteiger partial charge in [-0.3, -0.25) is 4.79 Å². The second-order valence-electron chi connectivity index (χ2n) is 6.79. The summed E-state index contributed by atoms with van der Waals surface area (Å²) in [5.41, 5.74) is 4.50. The van der Waals surface area contributed by atoms with Gasteiger partial charge in [-0.2, -0.15) is 0 Å². The van der Waals surface area contributed by atoms with Crippen molar-refractivity contribution in [2.24, 2.45) is 0 Å². The minimum absolute atomic E-state index is 0.0877. The number of benzene rings is 3. The van der Waals surface area contributed by atoms with Crippen molar-refractivity contribution in [3.05, 3.63) is 94.8 Å². The highest BCUT2D eigenvalue weighted by Gasteiger charge is 2.20. The van der Waals surface area contributed by atoms with Crippen molar-refractivity contribution in [1.29, 1.82) is 0 Å². The second-order valence-corrected chi connectivity index (χ2v) is 7.23. The third kappa shape index (κ3) is 4.05. The summed E-state index contributed by atoms with van der Waals surface area (Å²) < 4.78 is 1.73. The summed E-state index contributed by atoms with van der Waals surface area (Å²) in [5.74, 6) is 0.300. The van der Waals surface area contributed by atoms with Crippen LogP contribution in [-0.4, -0.2) is 20.7 Å². The summed E-state index contributed by atoms with van der Waals surface area (Å²) >= 11 is 6.01.